The van der Waals surface area contributed by atoms with Gasteiger partial charge in [-0.1, -0.05) is 45.0 Å². The van der Waals surface area contributed by atoms with Crippen LogP contribution >= 0.6 is 0 Å². The number of carbonyl (C=O) groups is 1. The second-order valence-electron chi connectivity index (χ2n) is 7.07. The number of amides is 1. The first-order valence-electron chi connectivity index (χ1n) is 8.01. The molecule has 1 aromatic carbocycles. The Balaban J connectivity index is 1.89. The summed E-state index contributed by atoms with van der Waals surface area (Å²) in [6.07, 6.45) is 3.55. The number of benzene rings is 1. The summed E-state index contributed by atoms with van der Waals surface area (Å²) in [6, 6.07) is 8.92. The molecule has 1 heterocycles. The molecule has 21 heavy (non-hydrogen) atoms. The van der Waals surface area contributed by atoms with Gasteiger partial charge in [-0.2, -0.15) is 0 Å². The van der Waals surface area contributed by atoms with Crippen LogP contribution in [0.1, 0.15) is 51.2 Å². The second kappa shape index (κ2) is 6.61. The number of hydrogen-bond donors (Lipinski definition) is 1. The van der Waals surface area contributed by atoms with Gasteiger partial charge in [-0.15, -0.1) is 0 Å². The summed E-state index contributed by atoms with van der Waals surface area (Å²) in [6.45, 7) is 8.11. The molecule has 3 heteroatoms. The molecule has 1 aromatic rings. The van der Waals surface area contributed by atoms with Gasteiger partial charge in [0.05, 0.1) is 0 Å². The van der Waals surface area contributed by atoms with Crippen molar-refractivity contribution >= 4 is 5.91 Å². The molecule has 0 saturated carbocycles. The van der Waals surface area contributed by atoms with Crippen molar-refractivity contribution in [3.05, 3.63) is 35.4 Å². The predicted molar refractivity (Wildman–Crippen MR) is 87.3 cm³/mol. The Bertz CT molecular complexity index is 473. The number of carbonyl (C=O) groups excluding carboxylic acids is 1. The van der Waals surface area contributed by atoms with Gasteiger partial charge in [0.15, 0.2) is 0 Å². The lowest BCUT2D eigenvalue weighted by molar-refractivity contribution is -0.131. The molecule has 1 aliphatic heterocycles. The minimum atomic E-state index is 0.179. The maximum absolute atomic E-state index is 12.3. The predicted octanol–water partition coefficient (Wildman–Crippen LogP) is 2.87. The van der Waals surface area contributed by atoms with Crippen molar-refractivity contribution in [2.45, 2.75) is 57.9 Å². The number of aryl methyl sites for hydroxylation is 1. The van der Waals surface area contributed by atoms with Crippen molar-refractivity contribution in [2.24, 2.45) is 5.73 Å². The van der Waals surface area contributed by atoms with Crippen LogP contribution in [0.2, 0.25) is 0 Å². The van der Waals surface area contributed by atoms with Gasteiger partial charge in [-0.25, -0.2) is 0 Å². The standard InChI is InChI=1S/C18H28N2O/c1-18(2,3)15-9-6-14(7-10-15)8-11-17(21)20-12-4-5-16(20)13-19/h6-7,9-10,16H,4-5,8,11-13,19H2,1-3H3. The SMILES string of the molecule is CC(C)(C)c1ccc(CCC(=O)N2CCCC2CN)cc1. The zero-order valence-electron chi connectivity index (χ0n) is 13.6. The summed E-state index contributed by atoms with van der Waals surface area (Å²) in [5.41, 5.74) is 8.48. The van der Waals surface area contributed by atoms with Crippen molar-refractivity contribution in [3.63, 3.8) is 0 Å². The van der Waals surface area contributed by atoms with E-state index in [2.05, 4.69) is 45.0 Å². The third kappa shape index (κ3) is 4.07. The number of nitrogens with zero attached hydrogens (tertiary/aromatic N) is 1. The van der Waals surface area contributed by atoms with E-state index in [1.165, 1.54) is 11.1 Å². The average molecular weight is 288 g/mol. The highest BCUT2D eigenvalue weighted by molar-refractivity contribution is 5.77. The van der Waals surface area contributed by atoms with Crippen LogP contribution in [0.4, 0.5) is 0 Å². The minimum absolute atomic E-state index is 0.179. The molecule has 2 N–H and O–H groups in total. The Kier molecular flexibility index (Phi) is 5.04. The first-order valence-corrected chi connectivity index (χ1v) is 8.01. The van der Waals surface area contributed by atoms with Crippen molar-refractivity contribution in [3.8, 4) is 0 Å². The Hall–Kier alpha value is -1.35. The summed E-state index contributed by atoms with van der Waals surface area (Å²) in [5.74, 6) is 0.253. The molecule has 0 spiro atoms. The van der Waals surface area contributed by atoms with Crippen molar-refractivity contribution in [2.75, 3.05) is 13.1 Å². The van der Waals surface area contributed by atoms with Crippen molar-refractivity contribution in [1.29, 1.82) is 0 Å². The van der Waals surface area contributed by atoms with E-state index < -0.39 is 0 Å². The minimum Gasteiger partial charge on any atom is -0.338 e. The first kappa shape index (κ1) is 16.0. The monoisotopic (exact) mass is 288 g/mol. The van der Waals surface area contributed by atoms with Gasteiger partial charge in [0.2, 0.25) is 5.91 Å². The average Bonchev–Trinajstić information content (AvgIpc) is 2.92. The molecule has 1 amide bonds. The largest absolute Gasteiger partial charge is 0.338 e. The van der Waals surface area contributed by atoms with Gasteiger partial charge in [0, 0.05) is 25.6 Å². The summed E-state index contributed by atoms with van der Waals surface area (Å²) in [7, 11) is 0. The van der Waals surface area contributed by atoms with Crippen LogP contribution in [-0.2, 0) is 16.6 Å². The summed E-state index contributed by atoms with van der Waals surface area (Å²) in [4.78, 5) is 14.3. The van der Waals surface area contributed by atoms with E-state index in [4.69, 9.17) is 5.73 Å². The van der Waals surface area contributed by atoms with E-state index in [1.807, 2.05) is 4.90 Å². The number of likely N-dealkylation sites (tertiary alicyclic amines) is 1. The molecule has 0 radical (unpaired) electrons. The molecule has 0 aromatic heterocycles. The Morgan fingerprint density at radius 3 is 2.52 bits per heavy atom. The van der Waals surface area contributed by atoms with E-state index in [0.717, 1.165) is 25.8 Å². The Labute approximate surface area is 128 Å². The highest BCUT2D eigenvalue weighted by Gasteiger charge is 2.26. The van der Waals surface area contributed by atoms with E-state index >= 15 is 0 Å². The quantitative estimate of drug-likeness (QED) is 0.926. The maximum atomic E-state index is 12.3. The lowest BCUT2D eigenvalue weighted by atomic mass is 9.86. The molecule has 3 nitrogen and oxygen atoms in total. The van der Waals surface area contributed by atoms with Gasteiger partial charge in [-0.05, 0) is 35.8 Å². The Morgan fingerprint density at radius 2 is 1.95 bits per heavy atom. The van der Waals surface area contributed by atoms with Crippen molar-refractivity contribution < 1.29 is 4.79 Å². The van der Waals surface area contributed by atoms with Crippen LogP contribution in [-0.4, -0.2) is 29.9 Å². The van der Waals surface area contributed by atoms with Crippen LogP contribution in [0.15, 0.2) is 24.3 Å². The number of nitrogens with two attached hydrogens (primary N) is 1. The van der Waals surface area contributed by atoms with E-state index in [0.29, 0.717) is 13.0 Å². The first-order chi connectivity index (χ1) is 9.91. The molecule has 0 aliphatic carbocycles. The lowest BCUT2D eigenvalue weighted by Crippen LogP contribution is -2.39. The number of hydrogen-bond acceptors (Lipinski definition) is 2. The highest BCUT2D eigenvalue weighted by Crippen LogP contribution is 2.23. The van der Waals surface area contributed by atoms with Crippen LogP contribution in [0, 0.1) is 0 Å². The molecule has 116 valence electrons. The zero-order chi connectivity index (χ0) is 15.5. The van der Waals surface area contributed by atoms with Crippen LogP contribution in [0.5, 0.6) is 0 Å². The molecule has 1 atom stereocenters. The maximum Gasteiger partial charge on any atom is 0.223 e. The van der Waals surface area contributed by atoms with Crippen LogP contribution < -0.4 is 5.73 Å². The van der Waals surface area contributed by atoms with E-state index in [1.54, 1.807) is 0 Å². The lowest BCUT2D eigenvalue weighted by Gasteiger charge is -2.23. The third-order valence-electron chi connectivity index (χ3n) is 4.42. The summed E-state index contributed by atoms with van der Waals surface area (Å²) < 4.78 is 0. The third-order valence-corrected chi connectivity index (χ3v) is 4.42. The van der Waals surface area contributed by atoms with E-state index in [9.17, 15) is 4.79 Å². The normalized spacial score (nSPS) is 19.0. The molecule has 1 aliphatic rings. The topological polar surface area (TPSA) is 46.3 Å². The molecule has 1 unspecified atom stereocenters. The second-order valence-corrected chi connectivity index (χ2v) is 7.07. The fraction of sp³-hybridized carbons (Fsp3) is 0.611. The van der Waals surface area contributed by atoms with Gasteiger partial charge in [0.25, 0.3) is 0 Å². The van der Waals surface area contributed by atoms with Gasteiger partial charge < -0.3 is 10.6 Å². The molecule has 0 bridgehead atoms. The van der Waals surface area contributed by atoms with Gasteiger partial charge in [-0.3, -0.25) is 4.79 Å². The molecule has 2 rings (SSSR count). The highest BCUT2D eigenvalue weighted by atomic mass is 16.2. The van der Waals surface area contributed by atoms with Crippen LogP contribution in [0.3, 0.4) is 0 Å². The zero-order valence-corrected chi connectivity index (χ0v) is 13.6. The molecule has 1 saturated heterocycles. The van der Waals surface area contributed by atoms with Crippen LogP contribution in [0.25, 0.3) is 0 Å². The smallest absolute Gasteiger partial charge is 0.223 e. The number of rotatable bonds is 4. The molecular weight excluding hydrogens is 260 g/mol. The van der Waals surface area contributed by atoms with Crippen molar-refractivity contribution in [1.82, 2.24) is 4.90 Å². The summed E-state index contributed by atoms with van der Waals surface area (Å²) >= 11 is 0. The Morgan fingerprint density at radius 1 is 1.29 bits per heavy atom. The molecule has 1 fully saturated rings. The van der Waals surface area contributed by atoms with Gasteiger partial charge >= 0.3 is 0 Å². The molecular formula is C18H28N2O. The summed E-state index contributed by atoms with van der Waals surface area (Å²) in [5, 5.41) is 0. The van der Waals surface area contributed by atoms with E-state index in [-0.39, 0.29) is 17.4 Å². The fourth-order valence-corrected chi connectivity index (χ4v) is 2.98. The fourth-order valence-electron chi connectivity index (χ4n) is 2.98. The van der Waals surface area contributed by atoms with Gasteiger partial charge in [0.1, 0.15) is 0 Å².